The summed E-state index contributed by atoms with van der Waals surface area (Å²) < 4.78 is 8.01. The van der Waals surface area contributed by atoms with Gasteiger partial charge in [0.25, 0.3) is 0 Å². The van der Waals surface area contributed by atoms with Crippen LogP contribution in [0.4, 0.5) is 17.1 Å². The van der Waals surface area contributed by atoms with Crippen LogP contribution in [0.15, 0.2) is 158 Å². The maximum absolute atomic E-state index is 2.67. The Bertz CT molecular complexity index is 3380. The molecule has 0 radical (unpaired) electrons. The molecule has 0 amide bonds. The third-order valence-electron chi connectivity index (χ3n) is 11.7. The minimum absolute atomic E-state index is 0.158. The van der Waals surface area contributed by atoms with Gasteiger partial charge in [0.15, 0.2) is 0 Å². The van der Waals surface area contributed by atoms with Crippen LogP contribution >= 0.6 is 34.0 Å². The molecule has 0 unspecified atom stereocenters. The summed E-state index contributed by atoms with van der Waals surface area (Å²) in [7, 11) is 0. The second kappa shape index (κ2) is 10.5. The van der Waals surface area contributed by atoms with Crippen LogP contribution in [0, 0.1) is 0 Å². The molecule has 2 aliphatic rings. The zero-order valence-corrected chi connectivity index (χ0v) is 30.7. The number of rotatable bonds is 2. The largest absolute Gasteiger partial charge is 0.309 e. The lowest BCUT2D eigenvalue weighted by Crippen LogP contribution is -2.54. The fourth-order valence-electron chi connectivity index (χ4n) is 9.52. The molecule has 0 aliphatic carbocycles. The maximum atomic E-state index is 2.67. The highest BCUT2D eigenvalue weighted by Crippen LogP contribution is 2.52. The predicted octanol–water partition coefficient (Wildman–Crippen LogP) is 12.7. The lowest BCUT2D eigenvalue weighted by atomic mass is 9.37. The maximum Gasteiger partial charge on any atom is 0.248 e. The zero-order chi connectivity index (χ0) is 34.4. The Morgan fingerprint density at radius 2 is 1.02 bits per heavy atom. The van der Waals surface area contributed by atoms with E-state index in [4.69, 9.17) is 0 Å². The lowest BCUT2D eigenvalue weighted by Gasteiger charge is -2.37. The Morgan fingerprint density at radius 1 is 0.396 bits per heavy atom. The second-order valence-corrected chi connectivity index (χ2v) is 17.5. The van der Waals surface area contributed by atoms with Gasteiger partial charge in [-0.25, -0.2) is 0 Å². The smallest absolute Gasteiger partial charge is 0.248 e. The van der Waals surface area contributed by atoms with Crippen LogP contribution in [0.5, 0.6) is 0 Å². The first-order valence-electron chi connectivity index (χ1n) is 18.1. The molecule has 0 saturated carbocycles. The molecule has 0 N–H and O–H groups in total. The number of fused-ring (bicyclic) bond motifs is 15. The van der Waals surface area contributed by atoms with Crippen molar-refractivity contribution in [2.75, 3.05) is 4.90 Å². The van der Waals surface area contributed by atoms with Gasteiger partial charge in [0.2, 0.25) is 6.71 Å². The van der Waals surface area contributed by atoms with E-state index in [1.54, 1.807) is 0 Å². The van der Waals surface area contributed by atoms with Crippen molar-refractivity contribution in [1.29, 1.82) is 0 Å². The zero-order valence-electron chi connectivity index (χ0n) is 28.3. The Hall–Kier alpha value is -5.72. The van der Waals surface area contributed by atoms with Crippen LogP contribution in [0.25, 0.3) is 82.8 Å². The molecule has 0 atom stereocenters. The van der Waals surface area contributed by atoms with Gasteiger partial charge >= 0.3 is 0 Å². The third kappa shape index (κ3) is 3.76. The van der Waals surface area contributed by atoms with Gasteiger partial charge in [-0.1, -0.05) is 121 Å². The molecule has 53 heavy (non-hydrogen) atoms. The number of benzene rings is 8. The number of nitrogens with zero attached hydrogens (tertiary/aromatic N) is 1. The average molecular weight is 724 g/mol. The molecule has 1 nitrogen and oxygen atoms in total. The predicted molar refractivity (Wildman–Crippen MR) is 235 cm³/mol. The van der Waals surface area contributed by atoms with E-state index < -0.39 is 0 Å². The first-order valence-corrected chi connectivity index (χ1v) is 20.6. The summed E-state index contributed by atoms with van der Waals surface area (Å²) >= 11 is 5.75. The molecular weight excluding hydrogens is 698 g/mol. The van der Waals surface area contributed by atoms with Crippen molar-refractivity contribution in [1.82, 2.24) is 0 Å². The summed E-state index contributed by atoms with van der Waals surface area (Å²) in [5.41, 5.74) is 13.3. The van der Waals surface area contributed by atoms with Crippen molar-refractivity contribution in [3.63, 3.8) is 0 Å². The van der Waals surface area contributed by atoms with Crippen LogP contribution in [-0.2, 0) is 0 Å². The van der Waals surface area contributed by atoms with Gasteiger partial charge < -0.3 is 4.90 Å². The van der Waals surface area contributed by atoms with Gasteiger partial charge in [-0.2, -0.15) is 0 Å². The summed E-state index contributed by atoms with van der Waals surface area (Å²) in [6, 6.07) is 59.6. The number of anilines is 3. The van der Waals surface area contributed by atoms with Crippen molar-refractivity contribution in [2.45, 2.75) is 0 Å². The minimum Gasteiger partial charge on any atom is -0.309 e. The van der Waals surface area contributed by atoms with Gasteiger partial charge in [0, 0.05) is 56.8 Å². The second-order valence-electron chi connectivity index (χ2n) is 14.3. The van der Waals surface area contributed by atoms with Gasteiger partial charge in [0.1, 0.15) is 0 Å². The van der Waals surface area contributed by atoms with Crippen molar-refractivity contribution in [3.05, 3.63) is 158 Å². The molecule has 13 rings (SSSR count). The molecule has 0 spiro atoms. The normalized spacial score (nSPS) is 13.2. The molecular formula is C48H26BNS3. The molecule has 3 aromatic heterocycles. The third-order valence-corrected chi connectivity index (χ3v) is 15.2. The highest BCUT2D eigenvalue weighted by molar-refractivity contribution is 7.27. The molecule has 5 heteroatoms. The topological polar surface area (TPSA) is 3.24 Å². The van der Waals surface area contributed by atoms with Crippen molar-refractivity contribution < 1.29 is 0 Å². The Morgan fingerprint density at radius 3 is 1.85 bits per heavy atom. The van der Waals surface area contributed by atoms with Gasteiger partial charge in [-0.3, -0.25) is 0 Å². The Balaban J connectivity index is 1.21. The van der Waals surface area contributed by atoms with E-state index in [9.17, 15) is 0 Å². The highest BCUT2D eigenvalue weighted by atomic mass is 32.1. The monoisotopic (exact) mass is 723 g/mol. The quantitative estimate of drug-likeness (QED) is 0.161. The summed E-state index contributed by atoms with van der Waals surface area (Å²) in [6.45, 7) is 0.158. The lowest BCUT2D eigenvalue weighted by molar-refractivity contribution is 1.34. The SMILES string of the molecule is c1ccc2c(c1)B1c3ccc4c(sc5ccccc54)c3N(c3cccc4c3sc3ccccc34)c3cc(-c4cccc5sc6ccccc6c45)cc-2c31. The van der Waals surface area contributed by atoms with Crippen LogP contribution in [0.3, 0.4) is 0 Å². The molecule has 0 bridgehead atoms. The van der Waals surface area contributed by atoms with Crippen LogP contribution < -0.4 is 21.3 Å². The molecule has 244 valence electrons. The van der Waals surface area contributed by atoms with Crippen LogP contribution in [0.2, 0.25) is 0 Å². The fourth-order valence-corrected chi connectivity index (χ4v) is 13.1. The highest BCUT2D eigenvalue weighted by Gasteiger charge is 2.44. The molecule has 5 heterocycles. The molecule has 0 fully saturated rings. The first-order chi connectivity index (χ1) is 26.3. The molecule has 11 aromatic rings. The van der Waals surface area contributed by atoms with Crippen molar-refractivity contribution in [3.8, 4) is 22.3 Å². The first kappa shape index (κ1) is 28.8. The number of hydrogen-bond donors (Lipinski definition) is 0. The van der Waals surface area contributed by atoms with Crippen LogP contribution in [-0.4, -0.2) is 6.71 Å². The average Bonchev–Trinajstić information content (AvgIpc) is 3.97. The summed E-state index contributed by atoms with van der Waals surface area (Å²) in [5.74, 6) is 0. The minimum atomic E-state index is 0.158. The standard InChI is InChI=1S/C48H26BNS3/c1-5-17-36-29(11-1)35-25-27(28-15-10-22-43-44(28)34-14-4-8-21-42(34)51-43)26-39-45(35)49(36)37-24-23-33-31-13-3-7-20-41(31)53-48(33)46(37)50(39)38-18-9-16-32-30-12-2-6-19-40(30)52-47(32)38/h1-26H. The number of thiophene rings is 3. The molecule has 0 saturated heterocycles. The van der Waals surface area contributed by atoms with E-state index in [1.165, 1.54) is 116 Å². The molecule has 2 aliphatic heterocycles. The summed E-state index contributed by atoms with van der Waals surface area (Å²) in [5, 5.41) is 7.99. The van der Waals surface area contributed by atoms with E-state index in [1.807, 2.05) is 34.0 Å². The van der Waals surface area contributed by atoms with E-state index >= 15 is 0 Å². The van der Waals surface area contributed by atoms with Gasteiger partial charge in [-0.15, -0.1) is 34.0 Å². The van der Waals surface area contributed by atoms with Gasteiger partial charge in [-0.05, 0) is 75.6 Å². The van der Waals surface area contributed by atoms with E-state index in [2.05, 4.69) is 163 Å². The van der Waals surface area contributed by atoms with Gasteiger partial charge in [0.05, 0.1) is 20.8 Å². The van der Waals surface area contributed by atoms with E-state index in [0.29, 0.717) is 0 Å². The number of hydrogen-bond acceptors (Lipinski definition) is 4. The fraction of sp³-hybridized carbons (Fsp3) is 0. The van der Waals surface area contributed by atoms with Crippen LogP contribution in [0.1, 0.15) is 0 Å². The summed E-state index contributed by atoms with van der Waals surface area (Å²) in [4.78, 5) is 2.67. The van der Waals surface area contributed by atoms with Crippen molar-refractivity contribution in [2.24, 2.45) is 0 Å². The van der Waals surface area contributed by atoms with E-state index in [-0.39, 0.29) is 6.71 Å². The Labute approximate surface area is 317 Å². The molecule has 8 aromatic carbocycles. The summed E-state index contributed by atoms with van der Waals surface area (Å²) in [6.07, 6.45) is 0. The Kier molecular flexibility index (Phi) is 5.69. The van der Waals surface area contributed by atoms with Crippen molar-refractivity contribution >= 4 is 135 Å². The van der Waals surface area contributed by atoms with E-state index in [0.717, 1.165) is 0 Å².